The van der Waals surface area contributed by atoms with E-state index >= 15 is 0 Å². The summed E-state index contributed by atoms with van der Waals surface area (Å²) in [4.78, 5) is 90.2. The number of carbonyl (C=O) groups excluding carboxylic acids is 6. The Bertz CT molecular complexity index is 2360. The maximum absolute atomic E-state index is 13.8. The lowest BCUT2D eigenvalue weighted by Gasteiger charge is -2.35. The number of hydrogen-bond acceptors (Lipinski definition) is 11. The quantitative estimate of drug-likeness (QED) is 0.0817. The molecule has 2 saturated carbocycles. The van der Waals surface area contributed by atoms with E-state index in [0.717, 1.165) is 43.4 Å². The van der Waals surface area contributed by atoms with E-state index < -0.39 is 57.6 Å². The summed E-state index contributed by atoms with van der Waals surface area (Å²) in [7, 11) is 0. The van der Waals surface area contributed by atoms with Crippen LogP contribution in [0.5, 0.6) is 0 Å². The van der Waals surface area contributed by atoms with Gasteiger partial charge in [0.25, 0.3) is 0 Å². The predicted octanol–water partition coefficient (Wildman–Crippen LogP) is 9.81. The number of aliphatic hydroxyl groups excluding tert-OH is 1. The summed E-state index contributed by atoms with van der Waals surface area (Å²) in [6, 6.07) is 14.7. The van der Waals surface area contributed by atoms with Crippen molar-refractivity contribution in [3.63, 3.8) is 0 Å². The molecule has 15 heteroatoms. The molecule has 0 bridgehead atoms. The minimum atomic E-state index is -0.752. The van der Waals surface area contributed by atoms with E-state index in [1.807, 2.05) is 124 Å². The van der Waals surface area contributed by atoms with Crippen LogP contribution in [0, 0.1) is 65.1 Å². The summed E-state index contributed by atoms with van der Waals surface area (Å²) < 4.78 is 0. The Morgan fingerprint density at radius 1 is 0.556 bits per heavy atom. The Morgan fingerprint density at radius 2 is 0.889 bits per heavy atom. The van der Waals surface area contributed by atoms with Crippen LogP contribution in [-0.4, -0.2) is 68.5 Å². The van der Waals surface area contributed by atoms with Crippen LogP contribution < -0.4 is 21.3 Å². The van der Waals surface area contributed by atoms with Crippen LogP contribution in [0.1, 0.15) is 138 Å². The van der Waals surface area contributed by atoms with Gasteiger partial charge in [0.15, 0.2) is 11.6 Å². The molecular weight excluding hydrogens is 945 g/mol. The third-order valence-electron chi connectivity index (χ3n) is 13.8. The Labute approximate surface area is 436 Å². The predicted molar refractivity (Wildman–Crippen MR) is 288 cm³/mol. The molecule has 0 radical (unpaired) electrons. The van der Waals surface area contributed by atoms with Crippen molar-refractivity contribution < 1.29 is 33.9 Å². The SMILES string of the molecule is Cc1ncsc1-c1ccc(CNC(=O)[C@@H]2C[C@@H](C)CC2C(=O)[C@@H](NC(=O)C(C)(C)C)C(C)(C)C)cc1.Cc1ncsc1-c1ccc(CNC(=O)[C@H]2C[C@H](O)CC2C(=O)[C@H](NC(=O)C(C)(C)C)C(C)(C)C)cc1. The Balaban J connectivity index is 0.000000267. The molecule has 2 fully saturated rings. The zero-order chi connectivity index (χ0) is 53.7. The lowest BCUT2D eigenvalue weighted by Crippen LogP contribution is -2.54. The summed E-state index contributed by atoms with van der Waals surface area (Å²) in [6.45, 7) is 29.3. The number of aryl methyl sites for hydroxylation is 2. The fourth-order valence-corrected chi connectivity index (χ4v) is 11.0. The molecule has 2 unspecified atom stereocenters. The van der Waals surface area contributed by atoms with Gasteiger partial charge < -0.3 is 26.4 Å². The fraction of sp³-hybridized carbons (Fsp3) is 0.579. The normalized spacial score (nSPS) is 21.2. The fourth-order valence-electron chi connectivity index (χ4n) is 9.41. The summed E-state index contributed by atoms with van der Waals surface area (Å²) in [5.41, 5.74) is 7.58. The molecule has 4 aromatic rings. The molecule has 6 rings (SSSR count). The van der Waals surface area contributed by atoms with Crippen molar-refractivity contribution in [1.29, 1.82) is 0 Å². The summed E-state index contributed by atoms with van der Waals surface area (Å²) in [5, 5.41) is 22.3. The first-order chi connectivity index (χ1) is 33.4. The number of nitrogens with one attached hydrogen (secondary N) is 4. The highest BCUT2D eigenvalue weighted by molar-refractivity contribution is 7.13. The van der Waals surface area contributed by atoms with Gasteiger partial charge in [0.05, 0.1) is 56.3 Å². The first-order valence-corrected chi connectivity index (χ1v) is 27.0. The standard InChI is InChI=1S/C29H41N3O3S.C28H39N3O4S/c1-17-13-21(23(33)25(28(3,4)5)32-27(35)29(6,7)8)22(14-17)26(34)30-15-19-9-11-20(12-10-19)24-18(2)31-16-36-24;1-16-23(36-15-30-16)18-10-8-17(9-11-18)14-29-25(34)21-13-19(32)12-20(21)22(33)24(27(2,3)4)31-26(35)28(5,6)7/h9-12,16-17,21-22,25H,13-15H2,1-8H3,(H,30,34)(H,32,35);8-11,15,19-21,24,32H,12-14H2,1-7H3,(H,29,34)(H,31,35)/t17-,21?,22+,25+;19-,20?,21+,24+/m01/s1. The topological polar surface area (TPSA) is 197 Å². The molecule has 5 N–H and O–H groups in total. The molecule has 13 nitrogen and oxygen atoms in total. The average molecular weight is 1030 g/mol. The molecule has 4 amide bonds. The van der Waals surface area contributed by atoms with Gasteiger partial charge in [-0.05, 0) is 78.5 Å². The van der Waals surface area contributed by atoms with Gasteiger partial charge in [0, 0.05) is 41.7 Å². The number of Topliss-reactive ketones (excluding diaryl/α,β-unsaturated/α-hetero) is 2. The molecule has 2 aromatic carbocycles. The number of rotatable bonds is 14. The monoisotopic (exact) mass is 1020 g/mol. The molecule has 2 heterocycles. The number of aliphatic hydroxyl groups is 1. The first-order valence-electron chi connectivity index (χ1n) is 25.3. The van der Waals surface area contributed by atoms with Crippen molar-refractivity contribution in [2.75, 3.05) is 0 Å². The third-order valence-corrected chi connectivity index (χ3v) is 15.8. The highest BCUT2D eigenvalue weighted by Crippen LogP contribution is 2.41. The van der Waals surface area contributed by atoms with E-state index in [1.165, 1.54) is 0 Å². The van der Waals surface area contributed by atoms with Gasteiger partial charge in [-0.15, -0.1) is 22.7 Å². The zero-order valence-electron chi connectivity index (χ0n) is 45.2. The number of carbonyl (C=O) groups is 6. The number of benzene rings is 2. The second kappa shape index (κ2) is 23.4. The lowest BCUT2D eigenvalue weighted by atomic mass is 9.76. The van der Waals surface area contributed by atoms with Gasteiger partial charge in [-0.25, -0.2) is 9.97 Å². The van der Waals surface area contributed by atoms with Gasteiger partial charge in [-0.2, -0.15) is 0 Å². The van der Waals surface area contributed by atoms with Crippen LogP contribution in [0.15, 0.2) is 59.6 Å². The second-order valence-corrected chi connectivity index (χ2v) is 26.1. The van der Waals surface area contributed by atoms with Crippen LogP contribution >= 0.6 is 22.7 Å². The number of thiazole rings is 2. The highest BCUT2D eigenvalue weighted by atomic mass is 32.1. The largest absolute Gasteiger partial charge is 0.393 e. The molecular formula is C57H80N6O7S2. The van der Waals surface area contributed by atoms with Crippen molar-refractivity contribution in [2.45, 2.75) is 161 Å². The number of ketones is 2. The summed E-state index contributed by atoms with van der Waals surface area (Å²) >= 11 is 3.21. The molecule has 72 heavy (non-hydrogen) atoms. The van der Waals surface area contributed by atoms with Gasteiger partial charge in [-0.3, -0.25) is 28.8 Å². The van der Waals surface area contributed by atoms with Crippen molar-refractivity contribution in [3.05, 3.63) is 82.1 Å². The van der Waals surface area contributed by atoms with Crippen molar-refractivity contribution in [1.82, 2.24) is 31.2 Å². The number of aromatic nitrogens is 2. The van der Waals surface area contributed by atoms with Crippen LogP contribution in [-0.2, 0) is 41.9 Å². The molecule has 0 saturated heterocycles. The van der Waals surface area contributed by atoms with Crippen molar-refractivity contribution >= 4 is 57.9 Å². The number of nitrogens with zero attached hydrogens (tertiary/aromatic N) is 2. The van der Waals surface area contributed by atoms with E-state index in [2.05, 4.69) is 50.3 Å². The summed E-state index contributed by atoms with van der Waals surface area (Å²) in [5.74, 6) is -2.73. The molecule has 392 valence electrons. The lowest BCUT2D eigenvalue weighted by molar-refractivity contribution is -0.139. The van der Waals surface area contributed by atoms with Gasteiger partial charge in [-0.1, -0.05) is 139 Å². The van der Waals surface area contributed by atoms with E-state index in [-0.39, 0.29) is 59.9 Å². The number of amides is 4. The highest BCUT2D eigenvalue weighted by Gasteiger charge is 2.48. The molecule has 2 aromatic heterocycles. The van der Waals surface area contributed by atoms with Gasteiger partial charge in [0.2, 0.25) is 23.6 Å². The minimum Gasteiger partial charge on any atom is -0.393 e. The average Bonchev–Trinajstić information content (AvgIpc) is 4.11. The Kier molecular flexibility index (Phi) is 18.8. The van der Waals surface area contributed by atoms with Crippen molar-refractivity contribution in [2.24, 2.45) is 51.2 Å². The number of hydrogen-bond donors (Lipinski definition) is 5. The van der Waals surface area contributed by atoms with E-state index in [1.54, 1.807) is 43.4 Å². The molecule has 0 aliphatic heterocycles. The maximum Gasteiger partial charge on any atom is 0.225 e. The maximum atomic E-state index is 13.8. The molecule has 0 spiro atoms. The van der Waals surface area contributed by atoms with Crippen LogP contribution in [0.2, 0.25) is 0 Å². The van der Waals surface area contributed by atoms with Crippen LogP contribution in [0.3, 0.4) is 0 Å². The van der Waals surface area contributed by atoms with Gasteiger partial charge in [0.1, 0.15) is 0 Å². The van der Waals surface area contributed by atoms with Crippen LogP contribution in [0.4, 0.5) is 0 Å². The first kappa shape index (κ1) is 57.8. The third kappa shape index (κ3) is 15.0. The van der Waals surface area contributed by atoms with Crippen molar-refractivity contribution in [3.8, 4) is 20.9 Å². The van der Waals surface area contributed by atoms with E-state index in [0.29, 0.717) is 25.9 Å². The molecule has 2 aliphatic rings. The van der Waals surface area contributed by atoms with Crippen LogP contribution in [0.25, 0.3) is 20.9 Å². The molecule has 2 aliphatic carbocycles. The Morgan fingerprint density at radius 3 is 1.22 bits per heavy atom. The van der Waals surface area contributed by atoms with E-state index in [4.69, 9.17) is 0 Å². The zero-order valence-corrected chi connectivity index (χ0v) is 46.9. The summed E-state index contributed by atoms with van der Waals surface area (Å²) in [6.07, 6.45) is 1.07. The smallest absolute Gasteiger partial charge is 0.225 e. The molecule has 8 atom stereocenters. The minimum absolute atomic E-state index is 0.0334. The van der Waals surface area contributed by atoms with E-state index in [9.17, 15) is 33.9 Å². The Hall–Kier alpha value is -5.12. The second-order valence-electron chi connectivity index (χ2n) is 24.3. The van der Waals surface area contributed by atoms with Gasteiger partial charge >= 0.3 is 0 Å².